The first-order valence-corrected chi connectivity index (χ1v) is 11.7. The lowest BCUT2D eigenvalue weighted by Crippen LogP contribution is -2.45. The van der Waals surface area contributed by atoms with Crippen molar-refractivity contribution in [3.8, 4) is 0 Å². The molecule has 1 heterocycles. The maximum Gasteiger partial charge on any atom is 0.239 e. The summed E-state index contributed by atoms with van der Waals surface area (Å²) >= 11 is 0. The van der Waals surface area contributed by atoms with Gasteiger partial charge in [-0.05, 0) is 44.9 Å². The SMILES string of the molecule is CCNC(=O)CN1CCCN(C(=O)CS(=O)(=O)NC2CCC(C)CC2)CC1. The highest BCUT2D eigenvalue weighted by Crippen LogP contribution is 2.23. The number of amides is 2. The van der Waals surface area contributed by atoms with Crippen molar-refractivity contribution in [1.82, 2.24) is 19.8 Å². The third kappa shape index (κ3) is 7.75. The molecule has 0 spiro atoms. The molecule has 1 aliphatic heterocycles. The van der Waals surface area contributed by atoms with E-state index in [1.165, 1.54) is 0 Å². The highest BCUT2D eigenvalue weighted by molar-refractivity contribution is 7.90. The summed E-state index contributed by atoms with van der Waals surface area (Å²) in [5.41, 5.74) is 0. The van der Waals surface area contributed by atoms with Gasteiger partial charge >= 0.3 is 0 Å². The lowest BCUT2D eigenvalue weighted by atomic mass is 9.88. The van der Waals surface area contributed by atoms with Gasteiger partial charge in [0.2, 0.25) is 21.8 Å². The molecule has 27 heavy (non-hydrogen) atoms. The topological polar surface area (TPSA) is 98.8 Å². The molecule has 1 saturated carbocycles. The fourth-order valence-corrected chi connectivity index (χ4v) is 5.10. The van der Waals surface area contributed by atoms with Gasteiger partial charge in [-0.2, -0.15) is 0 Å². The van der Waals surface area contributed by atoms with E-state index >= 15 is 0 Å². The minimum absolute atomic E-state index is 0.0224. The van der Waals surface area contributed by atoms with Crippen molar-refractivity contribution in [3.05, 3.63) is 0 Å². The molecule has 0 aromatic carbocycles. The van der Waals surface area contributed by atoms with Gasteiger partial charge in [-0.3, -0.25) is 14.5 Å². The molecule has 1 aliphatic carbocycles. The molecule has 156 valence electrons. The van der Waals surface area contributed by atoms with E-state index in [1.807, 2.05) is 11.8 Å². The van der Waals surface area contributed by atoms with Crippen LogP contribution in [0.3, 0.4) is 0 Å². The quantitative estimate of drug-likeness (QED) is 0.632. The first-order chi connectivity index (χ1) is 12.8. The van der Waals surface area contributed by atoms with Crippen LogP contribution in [0.15, 0.2) is 0 Å². The first-order valence-electron chi connectivity index (χ1n) is 10.1. The highest BCUT2D eigenvalue weighted by Gasteiger charge is 2.27. The van der Waals surface area contributed by atoms with Gasteiger partial charge in [0, 0.05) is 38.8 Å². The van der Waals surface area contributed by atoms with Crippen LogP contribution in [0, 0.1) is 5.92 Å². The number of sulfonamides is 1. The second kappa shape index (κ2) is 10.4. The summed E-state index contributed by atoms with van der Waals surface area (Å²) in [5.74, 6) is -0.223. The molecule has 2 amide bonds. The van der Waals surface area contributed by atoms with E-state index in [4.69, 9.17) is 0 Å². The fraction of sp³-hybridized carbons (Fsp3) is 0.889. The lowest BCUT2D eigenvalue weighted by molar-refractivity contribution is -0.128. The molecule has 0 radical (unpaired) electrons. The molecule has 0 atom stereocenters. The Morgan fingerprint density at radius 3 is 2.41 bits per heavy atom. The van der Waals surface area contributed by atoms with Crippen LogP contribution >= 0.6 is 0 Å². The standard InChI is InChI=1S/C18H34N4O4S/c1-3-19-17(23)13-21-9-4-10-22(12-11-21)18(24)14-27(25,26)20-16-7-5-15(2)6-8-16/h15-16,20H,3-14H2,1-2H3,(H,19,23). The summed E-state index contributed by atoms with van der Waals surface area (Å²) in [6.07, 6.45) is 4.46. The van der Waals surface area contributed by atoms with Crippen molar-refractivity contribution in [1.29, 1.82) is 0 Å². The van der Waals surface area contributed by atoms with Crippen LogP contribution in [0.25, 0.3) is 0 Å². The Morgan fingerprint density at radius 2 is 1.74 bits per heavy atom. The van der Waals surface area contributed by atoms with E-state index in [9.17, 15) is 18.0 Å². The van der Waals surface area contributed by atoms with Crippen molar-refractivity contribution < 1.29 is 18.0 Å². The number of carbonyl (C=O) groups is 2. The van der Waals surface area contributed by atoms with Gasteiger partial charge in [-0.15, -0.1) is 0 Å². The van der Waals surface area contributed by atoms with Gasteiger partial charge in [0.1, 0.15) is 5.75 Å². The highest BCUT2D eigenvalue weighted by atomic mass is 32.2. The molecule has 1 saturated heterocycles. The van der Waals surface area contributed by atoms with Crippen molar-refractivity contribution >= 4 is 21.8 Å². The van der Waals surface area contributed by atoms with Gasteiger partial charge in [-0.1, -0.05) is 6.92 Å². The molecule has 2 fully saturated rings. The Labute approximate surface area is 163 Å². The van der Waals surface area contributed by atoms with E-state index < -0.39 is 15.8 Å². The van der Waals surface area contributed by atoms with Crippen molar-refractivity contribution in [3.63, 3.8) is 0 Å². The molecule has 2 rings (SSSR count). The van der Waals surface area contributed by atoms with Gasteiger partial charge in [0.05, 0.1) is 6.54 Å². The molecule has 0 unspecified atom stereocenters. The molecule has 8 nitrogen and oxygen atoms in total. The van der Waals surface area contributed by atoms with Gasteiger partial charge in [-0.25, -0.2) is 13.1 Å². The maximum atomic E-state index is 12.5. The Balaban J connectivity index is 1.80. The van der Waals surface area contributed by atoms with E-state index in [0.717, 1.165) is 38.6 Å². The van der Waals surface area contributed by atoms with Gasteiger partial charge in [0.15, 0.2) is 0 Å². The Morgan fingerprint density at radius 1 is 1.04 bits per heavy atom. The maximum absolute atomic E-state index is 12.5. The van der Waals surface area contributed by atoms with Crippen LogP contribution in [-0.2, 0) is 19.6 Å². The molecule has 0 bridgehead atoms. The zero-order valence-electron chi connectivity index (χ0n) is 16.6. The number of nitrogens with one attached hydrogen (secondary N) is 2. The monoisotopic (exact) mass is 402 g/mol. The van der Waals surface area contributed by atoms with Crippen molar-refractivity contribution in [2.24, 2.45) is 5.92 Å². The summed E-state index contributed by atoms with van der Waals surface area (Å²) in [6.45, 7) is 7.27. The Bertz CT molecular complexity index is 602. The average Bonchev–Trinajstić information content (AvgIpc) is 2.82. The van der Waals surface area contributed by atoms with Crippen LogP contribution < -0.4 is 10.0 Å². The number of nitrogens with zero attached hydrogens (tertiary/aromatic N) is 2. The van der Waals surface area contributed by atoms with E-state index in [1.54, 1.807) is 4.90 Å². The van der Waals surface area contributed by atoms with Crippen LogP contribution in [0.4, 0.5) is 0 Å². The molecule has 0 aromatic heterocycles. The summed E-state index contributed by atoms with van der Waals surface area (Å²) in [7, 11) is -3.62. The third-order valence-electron chi connectivity index (χ3n) is 5.36. The number of rotatable bonds is 7. The number of hydrogen-bond donors (Lipinski definition) is 2. The summed E-state index contributed by atoms with van der Waals surface area (Å²) < 4.78 is 27.5. The Kier molecular flexibility index (Phi) is 8.50. The van der Waals surface area contributed by atoms with E-state index in [2.05, 4.69) is 17.0 Å². The summed E-state index contributed by atoms with van der Waals surface area (Å²) in [4.78, 5) is 27.8. The largest absolute Gasteiger partial charge is 0.355 e. The minimum atomic E-state index is -3.62. The van der Waals surface area contributed by atoms with Crippen LogP contribution in [0.2, 0.25) is 0 Å². The first kappa shape index (κ1) is 22.1. The minimum Gasteiger partial charge on any atom is -0.355 e. The molecule has 2 N–H and O–H groups in total. The molecule has 0 aromatic rings. The summed E-state index contributed by atoms with van der Waals surface area (Å²) in [6, 6.07) is -0.0456. The number of carbonyl (C=O) groups excluding carboxylic acids is 2. The predicted molar refractivity (Wildman–Crippen MR) is 105 cm³/mol. The second-order valence-electron chi connectivity index (χ2n) is 7.80. The summed E-state index contributed by atoms with van der Waals surface area (Å²) in [5, 5.41) is 2.77. The third-order valence-corrected chi connectivity index (χ3v) is 6.68. The van der Waals surface area contributed by atoms with Gasteiger partial charge < -0.3 is 10.2 Å². The molecular formula is C18H34N4O4S. The fourth-order valence-electron chi connectivity index (χ4n) is 3.76. The van der Waals surface area contributed by atoms with Crippen LogP contribution in [-0.4, -0.2) is 81.1 Å². The average molecular weight is 403 g/mol. The smallest absolute Gasteiger partial charge is 0.239 e. The predicted octanol–water partition coefficient (Wildman–Crippen LogP) is 0.155. The van der Waals surface area contributed by atoms with Crippen LogP contribution in [0.5, 0.6) is 0 Å². The zero-order valence-corrected chi connectivity index (χ0v) is 17.4. The number of likely N-dealkylation sites (N-methyl/N-ethyl adjacent to an activating group) is 1. The van der Waals surface area contributed by atoms with Crippen molar-refractivity contribution in [2.45, 2.75) is 52.0 Å². The van der Waals surface area contributed by atoms with Gasteiger partial charge in [0.25, 0.3) is 0 Å². The molecular weight excluding hydrogens is 368 g/mol. The molecule has 2 aliphatic rings. The van der Waals surface area contributed by atoms with Crippen LogP contribution in [0.1, 0.15) is 46.0 Å². The zero-order chi connectivity index (χ0) is 19.9. The normalized spacial score (nSPS) is 25.0. The Hall–Kier alpha value is -1.19. The molecule has 9 heteroatoms. The van der Waals surface area contributed by atoms with Crippen molar-refractivity contribution in [2.75, 3.05) is 45.0 Å². The van der Waals surface area contributed by atoms with E-state index in [0.29, 0.717) is 38.6 Å². The lowest BCUT2D eigenvalue weighted by Gasteiger charge is -2.27. The number of hydrogen-bond acceptors (Lipinski definition) is 5. The van der Waals surface area contributed by atoms with E-state index in [-0.39, 0.29) is 17.9 Å². The second-order valence-corrected chi connectivity index (χ2v) is 9.55.